The molecule has 0 saturated carbocycles. The summed E-state index contributed by atoms with van der Waals surface area (Å²) in [5, 5.41) is 8.23. The van der Waals surface area contributed by atoms with Crippen molar-refractivity contribution in [3.63, 3.8) is 0 Å². The van der Waals surface area contributed by atoms with Crippen molar-refractivity contribution < 1.29 is 4.79 Å². The molecule has 4 aromatic rings. The van der Waals surface area contributed by atoms with Gasteiger partial charge in [-0.25, -0.2) is 9.53 Å². The smallest absolute Gasteiger partial charge is 0.261 e. The number of aromatic nitrogens is 2. The lowest BCUT2D eigenvalue weighted by atomic mass is 10.1. The Bertz CT molecular complexity index is 1340. The van der Waals surface area contributed by atoms with Crippen LogP contribution in [0.4, 0.5) is 5.69 Å². The van der Waals surface area contributed by atoms with E-state index in [1.165, 1.54) is 16.0 Å². The number of halogens is 3. The molecule has 0 radical (unpaired) electrons. The number of nitrogens with one attached hydrogen (secondary N) is 1. The third-order valence-electron chi connectivity index (χ3n) is 4.78. The average Bonchev–Trinajstić information content (AvgIpc) is 3.37. The number of thiophene rings is 1. The number of amides is 1. The van der Waals surface area contributed by atoms with Crippen molar-refractivity contribution in [1.82, 2.24) is 15.1 Å². The van der Waals surface area contributed by atoms with E-state index in [0.29, 0.717) is 30.6 Å². The summed E-state index contributed by atoms with van der Waals surface area (Å²) >= 11 is 19.9. The fourth-order valence-electron chi connectivity index (χ4n) is 3.25. The lowest BCUT2D eigenvalue weighted by Crippen LogP contribution is -2.27. The summed E-state index contributed by atoms with van der Waals surface area (Å²) in [6.07, 6.45) is 0. The number of hydrogen-bond acceptors (Lipinski definition) is 3. The molecule has 0 aliphatic carbocycles. The van der Waals surface area contributed by atoms with E-state index in [9.17, 15) is 4.79 Å². The molecule has 9 heteroatoms. The van der Waals surface area contributed by atoms with E-state index in [2.05, 4.69) is 15.3 Å². The van der Waals surface area contributed by atoms with Crippen LogP contribution in [0.2, 0.25) is 14.4 Å². The van der Waals surface area contributed by atoms with Gasteiger partial charge in [-0.15, -0.1) is 11.3 Å². The number of benzene rings is 2. The first-order chi connectivity index (χ1) is 15.4. The second kappa shape index (κ2) is 9.35. The first-order valence-electron chi connectivity index (χ1n) is 9.46. The van der Waals surface area contributed by atoms with Gasteiger partial charge in [0.1, 0.15) is 0 Å². The van der Waals surface area contributed by atoms with Crippen LogP contribution in [0.3, 0.4) is 0 Å². The highest BCUT2D eigenvalue weighted by Crippen LogP contribution is 2.41. The topological polar surface area (TPSA) is 51.3 Å². The van der Waals surface area contributed by atoms with E-state index in [4.69, 9.17) is 41.4 Å². The maximum absolute atomic E-state index is 13.2. The van der Waals surface area contributed by atoms with Gasteiger partial charge in [-0.05, 0) is 42.8 Å². The van der Waals surface area contributed by atoms with Gasteiger partial charge in [-0.2, -0.15) is 5.10 Å². The summed E-state index contributed by atoms with van der Waals surface area (Å²) in [7, 11) is 0. The second-order valence-corrected chi connectivity index (χ2v) is 9.43. The van der Waals surface area contributed by atoms with Gasteiger partial charge in [0.05, 0.1) is 33.4 Å². The molecule has 0 spiro atoms. The lowest BCUT2D eigenvalue weighted by molar-refractivity contribution is 0.0935. The van der Waals surface area contributed by atoms with Crippen molar-refractivity contribution in [2.24, 2.45) is 0 Å². The molecule has 0 bridgehead atoms. The molecular weight excluding hydrogens is 487 g/mol. The van der Waals surface area contributed by atoms with Crippen LogP contribution in [0, 0.1) is 6.57 Å². The van der Waals surface area contributed by atoms with Gasteiger partial charge in [0.2, 0.25) is 5.69 Å². The monoisotopic (exact) mass is 500 g/mol. The van der Waals surface area contributed by atoms with Gasteiger partial charge in [0.25, 0.3) is 5.91 Å². The Kier molecular flexibility index (Phi) is 6.54. The van der Waals surface area contributed by atoms with Gasteiger partial charge < -0.3 is 5.32 Å². The lowest BCUT2D eigenvalue weighted by Gasteiger charge is -2.13. The van der Waals surface area contributed by atoms with Gasteiger partial charge in [-0.3, -0.25) is 4.79 Å². The molecule has 4 rings (SSSR count). The van der Waals surface area contributed by atoms with Crippen molar-refractivity contribution in [2.45, 2.75) is 13.0 Å². The van der Waals surface area contributed by atoms with Crippen LogP contribution in [-0.4, -0.2) is 15.7 Å². The van der Waals surface area contributed by atoms with E-state index in [-0.39, 0.29) is 17.4 Å². The van der Waals surface area contributed by atoms with Gasteiger partial charge in [-0.1, -0.05) is 65.1 Å². The van der Waals surface area contributed by atoms with Crippen LogP contribution in [-0.2, 0) is 0 Å². The van der Waals surface area contributed by atoms with Crippen molar-refractivity contribution in [2.75, 3.05) is 0 Å². The van der Waals surface area contributed by atoms with Crippen LogP contribution < -0.4 is 5.32 Å². The molecule has 5 nitrogen and oxygen atoms in total. The summed E-state index contributed by atoms with van der Waals surface area (Å²) < 4.78 is 2.05. The summed E-state index contributed by atoms with van der Waals surface area (Å²) in [5.41, 5.74) is 2.01. The van der Waals surface area contributed by atoms with E-state index < -0.39 is 5.91 Å². The van der Waals surface area contributed by atoms with Crippen molar-refractivity contribution >= 4 is 57.7 Å². The molecule has 160 valence electrons. The summed E-state index contributed by atoms with van der Waals surface area (Å²) in [4.78, 5) is 17.5. The Morgan fingerprint density at radius 1 is 1.12 bits per heavy atom. The highest BCUT2D eigenvalue weighted by molar-refractivity contribution is 7.19. The highest BCUT2D eigenvalue weighted by Gasteiger charge is 2.27. The SMILES string of the molecule is [C-]#[N+]c1c(C(=O)N[C@H](C)c2ccccc2)nn(-c2ccc(Cl)cc2Cl)c1-c1ccc(Cl)s1. The fraction of sp³-hybridized carbons (Fsp3) is 0.0870. The van der Waals surface area contributed by atoms with Crippen LogP contribution in [0.15, 0.2) is 60.7 Å². The fourth-order valence-corrected chi connectivity index (χ4v) is 4.81. The van der Waals surface area contributed by atoms with Gasteiger partial charge in [0.15, 0.2) is 5.69 Å². The van der Waals surface area contributed by atoms with E-state index in [1.54, 1.807) is 30.3 Å². The minimum absolute atomic E-state index is 0.00770. The van der Waals surface area contributed by atoms with Gasteiger partial charge >= 0.3 is 0 Å². The number of rotatable bonds is 5. The van der Waals surface area contributed by atoms with E-state index in [1.807, 2.05) is 37.3 Å². The number of hydrogen-bond donors (Lipinski definition) is 1. The first kappa shape index (κ1) is 22.4. The number of carbonyl (C=O) groups is 1. The standard InChI is InChI=1S/C23H15Cl3N4OS/c1-13(14-6-4-3-5-7-14)28-23(31)21-20(27-2)22(18-10-11-19(26)32-18)30(29-21)17-9-8-15(24)12-16(17)25/h3-13H,1H3,(H,28,31)/t13-/m1/s1. The molecule has 0 unspecified atom stereocenters. The zero-order valence-corrected chi connectivity index (χ0v) is 19.7. The second-order valence-electron chi connectivity index (χ2n) is 6.87. The summed E-state index contributed by atoms with van der Waals surface area (Å²) in [5.74, 6) is -0.458. The zero-order valence-electron chi connectivity index (χ0n) is 16.6. The zero-order chi connectivity index (χ0) is 22.8. The summed E-state index contributed by atoms with van der Waals surface area (Å²) in [6, 6.07) is 17.7. The Hall–Kier alpha value is -2.82. The Morgan fingerprint density at radius 3 is 2.50 bits per heavy atom. The summed E-state index contributed by atoms with van der Waals surface area (Å²) in [6.45, 7) is 9.67. The minimum Gasteiger partial charge on any atom is -0.345 e. The van der Waals surface area contributed by atoms with Crippen molar-refractivity contribution in [3.8, 4) is 16.3 Å². The molecule has 0 fully saturated rings. The van der Waals surface area contributed by atoms with Crippen LogP contribution >= 0.6 is 46.1 Å². The van der Waals surface area contributed by atoms with Crippen LogP contribution in [0.25, 0.3) is 21.1 Å². The van der Waals surface area contributed by atoms with Crippen LogP contribution in [0.1, 0.15) is 29.0 Å². The maximum atomic E-state index is 13.2. The molecule has 32 heavy (non-hydrogen) atoms. The van der Waals surface area contributed by atoms with E-state index in [0.717, 1.165) is 5.56 Å². The molecule has 1 atom stereocenters. The molecule has 2 aromatic carbocycles. The molecule has 2 aromatic heterocycles. The third kappa shape index (κ3) is 4.38. The largest absolute Gasteiger partial charge is 0.345 e. The molecule has 2 heterocycles. The predicted molar refractivity (Wildman–Crippen MR) is 130 cm³/mol. The van der Waals surface area contributed by atoms with E-state index >= 15 is 0 Å². The first-order valence-corrected chi connectivity index (χ1v) is 11.4. The molecule has 0 aliphatic heterocycles. The maximum Gasteiger partial charge on any atom is 0.261 e. The normalized spacial score (nSPS) is 11.7. The Morgan fingerprint density at radius 2 is 1.88 bits per heavy atom. The van der Waals surface area contributed by atoms with Crippen molar-refractivity contribution in [1.29, 1.82) is 0 Å². The molecule has 0 aliphatic rings. The average molecular weight is 502 g/mol. The minimum atomic E-state index is -0.458. The number of carbonyl (C=O) groups excluding carboxylic acids is 1. The highest BCUT2D eigenvalue weighted by atomic mass is 35.5. The third-order valence-corrected chi connectivity index (χ3v) is 6.55. The Labute approximate surface area is 204 Å². The van der Waals surface area contributed by atoms with Crippen LogP contribution in [0.5, 0.6) is 0 Å². The molecule has 1 amide bonds. The number of nitrogens with zero attached hydrogens (tertiary/aromatic N) is 3. The van der Waals surface area contributed by atoms with Gasteiger partial charge in [0, 0.05) is 9.90 Å². The van der Waals surface area contributed by atoms with Crippen molar-refractivity contribution in [3.05, 3.63) is 97.7 Å². The molecule has 0 saturated heterocycles. The Balaban J connectivity index is 1.84. The molecule has 1 N–H and O–H groups in total. The molecular formula is C23H15Cl3N4OS. The quantitative estimate of drug-likeness (QED) is 0.286. The predicted octanol–water partition coefficient (Wildman–Crippen LogP) is 7.60.